The second kappa shape index (κ2) is 7.67. The molecule has 1 aromatic carbocycles. The van der Waals surface area contributed by atoms with Crippen LogP contribution in [0.15, 0.2) is 28.8 Å². The number of β-amino-alcohol motifs (C(OH)–C–C–N with tert-alkyl or cyclic N) is 1. The topological polar surface area (TPSA) is 96.6 Å². The molecule has 0 radical (unpaired) electrons. The van der Waals surface area contributed by atoms with E-state index in [0.29, 0.717) is 37.6 Å². The van der Waals surface area contributed by atoms with Crippen LogP contribution in [0, 0.1) is 19.8 Å². The van der Waals surface area contributed by atoms with Crippen molar-refractivity contribution in [1.29, 1.82) is 0 Å². The van der Waals surface area contributed by atoms with Crippen molar-refractivity contribution in [2.45, 2.75) is 26.6 Å². The number of hydrogen-bond acceptors (Lipinski definition) is 6. The van der Waals surface area contributed by atoms with Crippen LogP contribution in [0.5, 0.6) is 5.75 Å². The van der Waals surface area contributed by atoms with Crippen molar-refractivity contribution < 1.29 is 19.2 Å². The highest BCUT2D eigenvalue weighted by Crippen LogP contribution is 2.18. The molecule has 0 bridgehead atoms. The van der Waals surface area contributed by atoms with E-state index in [0.717, 1.165) is 17.0 Å². The molecule has 1 aromatic heterocycles. The Labute approximate surface area is 146 Å². The number of nitrogens with zero attached hydrogens (tertiary/aromatic N) is 1. The standard InChI is InChI=1S/C18H23N3O4/c1-11-16(12(2)25-21-11)10-24-15-5-3-4-13(6-15)18(23)20-8-14-7-19-9-17(14)22/h3-6,14,17,19,22H,7-10H2,1-2H3,(H,20,23). The fourth-order valence-electron chi connectivity index (χ4n) is 2.84. The van der Waals surface area contributed by atoms with E-state index in [1.807, 2.05) is 13.8 Å². The maximum absolute atomic E-state index is 12.3. The molecule has 3 N–H and O–H groups in total. The highest BCUT2D eigenvalue weighted by Gasteiger charge is 2.25. The molecule has 7 heteroatoms. The summed E-state index contributed by atoms with van der Waals surface area (Å²) in [6, 6.07) is 7.03. The predicted molar refractivity (Wildman–Crippen MR) is 91.5 cm³/mol. The number of carbonyl (C=O) groups excluding carboxylic acids is 1. The summed E-state index contributed by atoms with van der Waals surface area (Å²) in [5.41, 5.74) is 2.24. The summed E-state index contributed by atoms with van der Waals surface area (Å²) in [4.78, 5) is 12.3. The molecule has 2 heterocycles. The molecule has 1 fully saturated rings. The minimum Gasteiger partial charge on any atom is -0.489 e. The van der Waals surface area contributed by atoms with E-state index in [1.54, 1.807) is 24.3 Å². The summed E-state index contributed by atoms with van der Waals surface area (Å²) >= 11 is 0. The first-order valence-electron chi connectivity index (χ1n) is 8.36. The van der Waals surface area contributed by atoms with Gasteiger partial charge in [0, 0.05) is 31.1 Å². The van der Waals surface area contributed by atoms with Crippen molar-refractivity contribution in [3.05, 3.63) is 46.8 Å². The zero-order valence-electron chi connectivity index (χ0n) is 14.4. The molecule has 1 amide bonds. The van der Waals surface area contributed by atoms with E-state index >= 15 is 0 Å². The van der Waals surface area contributed by atoms with Gasteiger partial charge in [-0.2, -0.15) is 0 Å². The second-order valence-electron chi connectivity index (χ2n) is 6.31. The Morgan fingerprint density at radius 3 is 2.96 bits per heavy atom. The Morgan fingerprint density at radius 1 is 1.44 bits per heavy atom. The van der Waals surface area contributed by atoms with E-state index in [2.05, 4.69) is 15.8 Å². The molecule has 2 unspecified atom stereocenters. The SMILES string of the molecule is Cc1noc(C)c1COc1cccc(C(=O)NCC2CNCC2O)c1. The molecule has 2 aromatic rings. The van der Waals surface area contributed by atoms with E-state index in [9.17, 15) is 9.90 Å². The second-order valence-corrected chi connectivity index (χ2v) is 6.31. The minimum atomic E-state index is -0.412. The third-order valence-corrected chi connectivity index (χ3v) is 4.49. The Bertz CT molecular complexity index is 724. The smallest absolute Gasteiger partial charge is 0.251 e. The lowest BCUT2D eigenvalue weighted by Crippen LogP contribution is -2.34. The van der Waals surface area contributed by atoms with Gasteiger partial charge in [0.05, 0.1) is 17.4 Å². The summed E-state index contributed by atoms with van der Waals surface area (Å²) in [6.07, 6.45) is -0.412. The van der Waals surface area contributed by atoms with Crippen molar-refractivity contribution in [2.24, 2.45) is 5.92 Å². The van der Waals surface area contributed by atoms with Crippen LogP contribution in [0.4, 0.5) is 0 Å². The van der Waals surface area contributed by atoms with Gasteiger partial charge in [-0.15, -0.1) is 0 Å². The minimum absolute atomic E-state index is 0.0444. The first kappa shape index (κ1) is 17.4. The van der Waals surface area contributed by atoms with Gasteiger partial charge in [-0.05, 0) is 32.0 Å². The Kier molecular flexibility index (Phi) is 5.35. The Hall–Kier alpha value is -2.38. The van der Waals surface area contributed by atoms with Crippen LogP contribution in [0.1, 0.15) is 27.4 Å². The number of nitrogens with one attached hydrogen (secondary N) is 2. The van der Waals surface area contributed by atoms with Crippen molar-refractivity contribution in [3.8, 4) is 5.75 Å². The van der Waals surface area contributed by atoms with Gasteiger partial charge in [0.2, 0.25) is 0 Å². The summed E-state index contributed by atoms with van der Waals surface area (Å²) in [5, 5.41) is 19.6. The number of hydrogen-bond donors (Lipinski definition) is 3. The highest BCUT2D eigenvalue weighted by molar-refractivity contribution is 5.94. The average Bonchev–Trinajstić information content (AvgIpc) is 3.16. The summed E-state index contributed by atoms with van der Waals surface area (Å²) in [5.74, 6) is 1.20. The Balaban J connectivity index is 1.58. The molecule has 1 saturated heterocycles. The molecule has 25 heavy (non-hydrogen) atoms. The van der Waals surface area contributed by atoms with Gasteiger partial charge >= 0.3 is 0 Å². The third-order valence-electron chi connectivity index (χ3n) is 4.49. The molecule has 2 atom stereocenters. The fraction of sp³-hybridized carbons (Fsp3) is 0.444. The van der Waals surface area contributed by atoms with Crippen molar-refractivity contribution in [2.75, 3.05) is 19.6 Å². The lowest BCUT2D eigenvalue weighted by Gasteiger charge is -2.14. The first-order chi connectivity index (χ1) is 12.0. The first-order valence-corrected chi connectivity index (χ1v) is 8.36. The van der Waals surface area contributed by atoms with Crippen LogP contribution in [0.3, 0.4) is 0 Å². The lowest BCUT2D eigenvalue weighted by molar-refractivity contribution is 0.0926. The van der Waals surface area contributed by atoms with Crippen LogP contribution in [0.25, 0.3) is 0 Å². The maximum Gasteiger partial charge on any atom is 0.251 e. The fourth-order valence-corrected chi connectivity index (χ4v) is 2.84. The molecule has 7 nitrogen and oxygen atoms in total. The van der Waals surface area contributed by atoms with E-state index in [1.165, 1.54) is 0 Å². The van der Waals surface area contributed by atoms with Gasteiger partial charge in [-0.1, -0.05) is 11.2 Å². The van der Waals surface area contributed by atoms with Crippen LogP contribution in [0.2, 0.25) is 0 Å². The summed E-state index contributed by atoms with van der Waals surface area (Å²) in [6.45, 7) is 5.77. The third kappa shape index (κ3) is 4.18. The number of aryl methyl sites for hydroxylation is 2. The van der Waals surface area contributed by atoms with Crippen LogP contribution < -0.4 is 15.4 Å². The van der Waals surface area contributed by atoms with Gasteiger partial charge in [-0.25, -0.2) is 0 Å². The summed E-state index contributed by atoms with van der Waals surface area (Å²) < 4.78 is 10.9. The molecule has 134 valence electrons. The molecular weight excluding hydrogens is 322 g/mol. The monoisotopic (exact) mass is 345 g/mol. The van der Waals surface area contributed by atoms with Gasteiger partial charge in [0.15, 0.2) is 0 Å². The van der Waals surface area contributed by atoms with Gasteiger partial charge in [0.25, 0.3) is 5.91 Å². The largest absolute Gasteiger partial charge is 0.489 e. The highest BCUT2D eigenvalue weighted by atomic mass is 16.5. The molecule has 1 aliphatic rings. The molecule has 0 saturated carbocycles. The average molecular weight is 345 g/mol. The quantitative estimate of drug-likeness (QED) is 0.727. The number of rotatable bonds is 6. The molecule has 0 spiro atoms. The number of aliphatic hydroxyl groups excluding tert-OH is 1. The molecule has 0 aliphatic carbocycles. The van der Waals surface area contributed by atoms with E-state index < -0.39 is 6.10 Å². The van der Waals surface area contributed by atoms with Gasteiger partial charge < -0.3 is 25.0 Å². The number of aromatic nitrogens is 1. The van der Waals surface area contributed by atoms with Gasteiger partial charge in [0.1, 0.15) is 18.1 Å². The predicted octanol–water partition coefficient (Wildman–Crippen LogP) is 1.18. The van der Waals surface area contributed by atoms with Crippen LogP contribution in [-0.4, -0.2) is 41.9 Å². The number of ether oxygens (including phenoxy) is 1. The molecule has 3 rings (SSSR count). The van der Waals surface area contributed by atoms with E-state index in [4.69, 9.17) is 9.26 Å². The number of amides is 1. The number of aliphatic hydroxyl groups is 1. The summed E-state index contributed by atoms with van der Waals surface area (Å²) in [7, 11) is 0. The molecular formula is C18H23N3O4. The van der Waals surface area contributed by atoms with Gasteiger partial charge in [-0.3, -0.25) is 4.79 Å². The van der Waals surface area contributed by atoms with Crippen molar-refractivity contribution in [3.63, 3.8) is 0 Å². The maximum atomic E-state index is 12.3. The Morgan fingerprint density at radius 2 is 2.28 bits per heavy atom. The normalized spacial score (nSPS) is 19.8. The zero-order valence-corrected chi connectivity index (χ0v) is 14.4. The number of carbonyl (C=O) groups is 1. The molecule has 1 aliphatic heterocycles. The number of benzene rings is 1. The van der Waals surface area contributed by atoms with Crippen molar-refractivity contribution in [1.82, 2.24) is 15.8 Å². The van der Waals surface area contributed by atoms with E-state index in [-0.39, 0.29) is 11.8 Å². The zero-order chi connectivity index (χ0) is 17.8. The van der Waals surface area contributed by atoms with Crippen LogP contribution >= 0.6 is 0 Å². The lowest BCUT2D eigenvalue weighted by atomic mass is 10.1. The van der Waals surface area contributed by atoms with Crippen LogP contribution in [-0.2, 0) is 6.61 Å². The van der Waals surface area contributed by atoms with Crippen molar-refractivity contribution >= 4 is 5.91 Å².